The smallest absolute Gasteiger partial charge is 0.254 e. The molecular formula is C19H22N4OS2. The summed E-state index contributed by atoms with van der Waals surface area (Å²) < 4.78 is 4.26. The zero-order valence-electron chi connectivity index (χ0n) is 15.2. The first-order valence-corrected chi connectivity index (χ1v) is 9.86. The minimum atomic E-state index is -0.157. The van der Waals surface area contributed by atoms with E-state index in [1.54, 1.807) is 30.3 Å². The molecule has 0 saturated carbocycles. The topological polar surface area (TPSA) is 80.0 Å². The molecule has 3 rings (SSSR count). The number of nitrogen functional groups attached to an aromatic ring is 1. The molecule has 2 heterocycles. The van der Waals surface area contributed by atoms with Gasteiger partial charge in [0.2, 0.25) is 0 Å². The van der Waals surface area contributed by atoms with Crippen molar-refractivity contribution >= 4 is 45.1 Å². The quantitative estimate of drug-likeness (QED) is 0.583. The molecule has 3 aromatic rings. The van der Waals surface area contributed by atoms with Crippen molar-refractivity contribution in [1.82, 2.24) is 15.0 Å². The third-order valence-electron chi connectivity index (χ3n) is 3.67. The van der Waals surface area contributed by atoms with Gasteiger partial charge in [0, 0.05) is 33.9 Å². The van der Waals surface area contributed by atoms with Crippen LogP contribution in [0.5, 0.6) is 0 Å². The molecule has 0 aliphatic heterocycles. The number of nitrogens with zero attached hydrogens (tertiary/aromatic N) is 1. The molecule has 0 unspecified atom stereocenters. The number of fused-ring (bicyclic) bond motifs is 1. The molecule has 0 radical (unpaired) electrons. The van der Waals surface area contributed by atoms with E-state index in [2.05, 4.69) is 60.1 Å². The van der Waals surface area contributed by atoms with Gasteiger partial charge < -0.3 is 11.1 Å². The molecular weight excluding hydrogens is 364 g/mol. The van der Waals surface area contributed by atoms with Gasteiger partial charge in [0.25, 0.3) is 5.91 Å². The summed E-state index contributed by atoms with van der Waals surface area (Å²) >= 11 is 3.17. The minimum Gasteiger partial charge on any atom is -0.383 e. The fraction of sp³-hybridized carbons (Fsp3) is 0.263. The normalized spacial score (nSPS) is 11.7. The molecule has 7 heteroatoms. The fourth-order valence-electron chi connectivity index (χ4n) is 2.38. The number of pyridine rings is 1. The van der Waals surface area contributed by atoms with Crippen LogP contribution in [-0.2, 0) is 0 Å². The van der Waals surface area contributed by atoms with Gasteiger partial charge in [0.1, 0.15) is 5.82 Å². The number of aromatic nitrogens is 1. The second kappa shape index (κ2) is 7.26. The van der Waals surface area contributed by atoms with Crippen LogP contribution in [0.1, 0.15) is 31.1 Å². The molecule has 0 saturated heterocycles. The Morgan fingerprint density at radius 3 is 2.54 bits per heavy atom. The number of hydrogen-bond acceptors (Lipinski definition) is 6. The highest BCUT2D eigenvalue weighted by atomic mass is 32.2. The lowest BCUT2D eigenvalue weighted by Crippen LogP contribution is -2.29. The number of rotatable bonds is 4. The van der Waals surface area contributed by atoms with E-state index in [0.717, 1.165) is 25.4 Å². The molecule has 0 bridgehead atoms. The number of carbonyl (C=O) groups is 1. The average Bonchev–Trinajstić information content (AvgIpc) is 3.05. The summed E-state index contributed by atoms with van der Waals surface area (Å²) in [5.41, 5.74) is 7.71. The number of anilines is 1. The molecule has 1 amide bonds. The van der Waals surface area contributed by atoms with Gasteiger partial charge in [-0.25, -0.2) is 4.98 Å². The molecule has 0 atom stereocenters. The molecule has 0 aliphatic rings. The summed E-state index contributed by atoms with van der Waals surface area (Å²) in [5, 5.41) is 3.47. The van der Waals surface area contributed by atoms with E-state index in [9.17, 15) is 4.79 Å². The predicted octanol–water partition coefficient (Wildman–Crippen LogP) is 4.30. The predicted molar refractivity (Wildman–Crippen MR) is 112 cm³/mol. The third kappa shape index (κ3) is 4.00. The van der Waals surface area contributed by atoms with Crippen LogP contribution in [0, 0.1) is 0 Å². The Morgan fingerprint density at radius 1 is 1.23 bits per heavy atom. The van der Waals surface area contributed by atoms with Crippen molar-refractivity contribution in [1.29, 1.82) is 0 Å². The van der Waals surface area contributed by atoms with E-state index >= 15 is 0 Å². The van der Waals surface area contributed by atoms with E-state index in [0.29, 0.717) is 11.4 Å². The molecule has 0 spiro atoms. The van der Waals surface area contributed by atoms with E-state index < -0.39 is 0 Å². The highest BCUT2D eigenvalue weighted by molar-refractivity contribution is 7.97. The van der Waals surface area contributed by atoms with Crippen LogP contribution in [0.15, 0.2) is 41.4 Å². The lowest BCUT2D eigenvalue weighted by molar-refractivity contribution is 0.0964. The van der Waals surface area contributed by atoms with Gasteiger partial charge in [-0.15, -0.1) is 11.3 Å². The summed E-state index contributed by atoms with van der Waals surface area (Å²) in [6.45, 7) is 6.40. The van der Waals surface area contributed by atoms with Crippen LogP contribution < -0.4 is 15.8 Å². The Labute approximate surface area is 161 Å². The SMILES string of the molecule is CNC(=O)c1cnc(N)c2cc(-c3ccc(SNC(C)(C)C)cc3)sc12. The van der Waals surface area contributed by atoms with Crippen LogP contribution in [-0.4, -0.2) is 23.5 Å². The standard InChI is InChI=1S/C19H22N4OS2/c1-19(2,3)23-26-12-7-5-11(6-8-12)15-9-13-16(25-15)14(18(24)21-4)10-22-17(13)20/h5-10,23H,1-4H3,(H2,20,22)(H,21,24). The third-order valence-corrected chi connectivity index (χ3v) is 6.11. The van der Waals surface area contributed by atoms with Gasteiger partial charge in [0.05, 0.1) is 10.3 Å². The number of benzene rings is 1. The molecule has 0 fully saturated rings. The van der Waals surface area contributed by atoms with Crippen LogP contribution in [0.3, 0.4) is 0 Å². The Bertz CT molecular complexity index is 943. The maximum Gasteiger partial charge on any atom is 0.254 e. The first kappa shape index (κ1) is 18.7. The first-order valence-electron chi connectivity index (χ1n) is 8.23. The molecule has 5 nitrogen and oxygen atoms in total. The second-order valence-corrected chi connectivity index (χ2v) is 8.90. The van der Waals surface area contributed by atoms with Crippen molar-refractivity contribution in [2.45, 2.75) is 31.2 Å². The molecule has 136 valence electrons. The number of thiophene rings is 1. The summed E-state index contributed by atoms with van der Waals surface area (Å²) in [6.07, 6.45) is 1.54. The average molecular weight is 387 g/mol. The van der Waals surface area contributed by atoms with Crippen molar-refractivity contribution in [2.75, 3.05) is 12.8 Å². The van der Waals surface area contributed by atoms with E-state index in [4.69, 9.17) is 5.73 Å². The van der Waals surface area contributed by atoms with Gasteiger partial charge in [0.15, 0.2) is 0 Å². The highest BCUT2D eigenvalue weighted by Gasteiger charge is 2.16. The maximum atomic E-state index is 12.1. The second-order valence-electron chi connectivity index (χ2n) is 6.97. The Balaban J connectivity index is 1.93. The van der Waals surface area contributed by atoms with Crippen molar-refractivity contribution < 1.29 is 4.79 Å². The Morgan fingerprint density at radius 2 is 1.92 bits per heavy atom. The summed E-state index contributed by atoms with van der Waals surface area (Å²) in [5.74, 6) is 0.285. The van der Waals surface area contributed by atoms with Crippen LogP contribution in [0.4, 0.5) is 5.82 Å². The van der Waals surface area contributed by atoms with Gasteiger partial charge in [-0.05, 0) is 56.5 Å². The fourth-order valence-corrected chi connectivity index (χ4v) is 4.26. The maximum absolute atomic E-state index is 12.1. The molecule has 2 aromatic heterocycles. The van der Waals surface area contributed by atoms with Crippen LogP contribution in [0.25, 0.3) is 20.5 Å². The molecule has 26 heavy (non-hydrogen) atoms. The van der Waals surface area contributed by atoms with Gasteiger partial charge >= 0.3 is 0 Å². The largest absolute Gasteiger partial charge is 0.383 e. The van der Waals surface area contributed by atoms with Gasteiger partial charge in [-0.3, -0.25) is 9.52 Å². The van der Waals surface area contributed by atoms with Crippen LogP contribution in [0.2, 0.25) is 0 Å². The summed E-state index contributed by atoms with van der Waals surface area (Å²) in [7, 11) is 1.61. The molecule has 1 aromatic carbocycles. The summed E-state index contributed by atoms with van der Waals surface area (Å²) in [6, 6.07) is 10.3. The number of carbonyl (C=O) groups excluding carboxylic acids is 1. The van der Waals surface area contributed by atoms with Gasteiger partial charge in [-0.2, -0.15) is 0 Å². The van der Waals surface area contributed by atoms with E-state index in [1.807, 2.05) is 6.07 Å². The van der Waals surface area contributed by atoms with Crippen LogP contribution >= 0.6 is 23.3 Å². The zero-order chi connectivity index (χ0) is 18.9. The Hall–Kier alpha value is -2.09. The first-order chi connectivity index (χ1) is 12.3. The summed E-state index contributed by atoms with van der Waals surface area (Å²) in [4.78, 5) is 18.5. The number of nitrogens with two attached hydrogens (primary N) is 1. The van der Waals surface area contributed by atoms with Crippen molar-refractivity contribution in [2.24, 2.45) is 0 Å². The van der Waals surface area contributed by atoms with Crippen molar-refractivity contribution in [3.05, 3.63) is 42.1 Å². The van der Waals surface area contributed by atoms with E-state index in [1.165, 1.54) is 6.20 Å². The molecule has 4 N–H and O–H groups in total. The lowest BCUT2D eigenvalue weighted by Gasteiger charge is -2.19. The van der Waals surface area contributed by atoms with Gasteiger partial charge in [-0.1, -0.05) is 12.1 Å². The van der Waals surface area contributed by atoms with E-state index in [-0.39, 0.29) is 11.4 Å². The monoisotopic (exact) mass is 386 g/mol. The van der Waals surface area contributed by atoms with Crippen molar-refractivity contribution in [3.8, 4) is 10.4 Å². The van der Waals surface area contributed by atoms with Crippen molar-refractivity contribution in [3.63, 3.8) is 0 Å². The number of nitrogens with one attached hydrogen (secondary N) is 2. The molecule has 0 aliphatic carbocycles. The number of hydrogen-bond donors (Lipinski definition) is 3. The minimum absolute atomic E-state index is 0.0512. The number of amides is 1. The lowest BCUT2D eigenvalue weighted by atomic mass is 10.1. The zero-order valence-corrected chi connectivity index (χ0v) is 16.8. The highest BCUT2D eigenvalue weighted by Crippen LogP contribution is 2.37. The Kier molecular flexibility index (Phi) is 5.22.